The summed E-state index contributed by atoms with van der Waals surface area (Å²) in [6.45, 7) is 1.23. The number of unbranched alkanes of at least 4 members (excludes halogenated alkanes) is 1. The van der Waals surface area contributed by atoms with E-state index in [0.717, 1.165) is 18.5 Å². The number of nitrogens with zero attached hydrogens (tertiary/aromatic N) is 1. The van der Waals surface area contributed by atoms with Crippen molar-refractivity contribution in [2.45, 2.75) is 32.5 Å². The van der Waals surface area contributed by atoms with Crippen molar-refractivity contribution in [1.82, 2.24) is 0 Å². The Kier molecular flexibility index (Phi) is 7.21. The predicted molar refractivity (Wildman–Crippen MR) is 95.2 cm³/mol. The molecule has 0 aliphatic carbocycles. The average molecular weight is 365 g/mol. The van der Waals surface area contributed by atoms with Crippen LogP contribution in [0.2, 0.25) is 0 Å². The first-order chi connectivity index (χ1) is 12.4. The fourth-order valence-electron chi connectivity index (χ4n) is 2.46. The van der Waals surface area contributed by atoms with Gasteiger partial charge in [-0.25, -0.2) is 0 Å². The van der Waals surface area contributed by atoms with Crippen molar-refractivity contribution in [3.63, 3.8) is 0 Å². The van der Waals surface area contributed by atoms with Crippen LogP contribution in [0.1, 0.15) is 35.7 Å². The highest BCUT2D eigenvalue weighted by Gasteiger charge is 2.27. The molecule has 0 saturated carbocycles. The zero-order valence-electron chi connectivity index (χ0n) is 14.6. The number of hydrogen-bond acceptors (Lipinski definition) is 2. The molecule has 0 aliphatic rings. The number of alkyl halides is 3. The van der Waals surface area contributed by atoms with Crippen molar-refractivity contribution in [1.29, 1.82) is 0 Å². The van der Waals surface area contributed by atoms with Crippen LogP contribution in [-0.2, 0) is 11.3 Å². The van der Waals surface area contributed by atoms with E-state index in [-0.39, 0.29) is 12.5 Å². The smallest absolute Gasteiger partial charge is 0.367 e. The van der Waals surface area contributed by atoms with Gasteiger partial charge in [0.1, 0.15) is 6.61 Å². The number of hydrogen-bond donors (Lipinski definition) is 0. The van der Waals surface area contributed by atoms with Gasteiger partial charge in [0.2, 0.25) is 0 Å². The molecule has 0 unspecified atom stereocenters. The highest BCUT2D eigenvalue weighted by Crippen LogP contribution is 2.19. The van der Waals surface area contributed by atoms with Crippen LogP contribution in [0.25, 0.3) is 0 Å². The van der Waals surface area contributed by atoms with Gasteiger partial charge in [0.15, 0.2) is 0 Å². The van der Waals surface area contributed by atoms with E-state index in [4.69, 9.17) is 0 Å². The van der Waals surface area contributed by atoms with E-state index in [1.807, 2.05) is 30.3 Å². The van der Waals surface area contributed by atoms with Crippen LogP contribution in [0.4, 0.5) is 18.9 Å². The third kappa shape index (κ3) is 6.19. The monoisotopic (exact) mass is 365 g/mol. The van der Waals surface area contributed by atoms with E-state index in [2.05, 4.69) is 11.7 Å². The summed E-state index contributed by atoms with van der Waals surface area (Å²) in [7, 11) is 0. The van der Waals surface area contributed by atoms with Gasteiger partial charge in [0, 0.05) is 17.8 Å². The number of rotatable bonds is 8. The number of halogens is 3. The van der Waals surface area contributed by atoms with Crippen LogP contribution in [0.5, 0.6) is 0 Å². The van der Waals surface area contributed by atoms with Crippen molar-refractivity contribution >= 4 is 11.6 Å². The quantitative estimate of drug-likeness (QED) is 0.642. The lowest BCUT2D eigenvalue weighted by atomic mass is 10.1. The molecule has 0 aromatic heterocycles. The molecule has 2 aromatic rings. The Morgan fingerprint density at radius 3 is 2.27 bits per heavy atom. The number of amides is 1. The van der Waals surface area contributed by atoms with Gasteiger partial charge in [-0.2, -0.15) is 13.2 Å². The summed E-state index contributed by atoms with van der Waals surface area (Å²) >= 11 is 0. The van der Waals surface area contributed by atoms with E-state index >= 15 is 0 Å². The van der Waals surface area contributed by atoms with Gasteiger partial charge in [-0.15, -0.1) is 0 Å². The lowest BCUT2D eigenvalue weighted by Crippen LogP contribution is -2.31. The van der Waals surface area contributed by atoms with Gasteiger partial charge in [0.05, 0.1) is 6.61 Å². The Hall–Kier alpha value is -2.34. The highest BCUT2D eigenvalue weighted by molar-refractivity contribution is 6.06. The van der Waals surface area contributed by atoms with Crippen molar-refractivity contribution in [3.8, 4) is 0 Å². The Bertz CT molecular complexity index is 684. The van der Waals surface area contributed by atoms with Crippen molar-refractivity contribution < 1.29 is 22.7 Å². The summed E-state index contributed by atoms with van der Waals surface area (Å²) in [4.78, 5) is 14.6. The molecule has 140 valence electrons. The summed E-state index contributed by atoms with van der Waals surface area (Å²) in [5.41, 5.74) is 1.90. The zero-order chi connectivity index (χ0) is 19.0. The number of carbonyl (C=O) groups is 1. The maximum absolute atomic E-state index is 12.9. The van der Waals surface area contributed by atoms with Gasteiger partial charge in [0.25, 0.3) is 5.91 Å². The molecule has 0 atom stereocenters. The van der Waals surface area contributed by atoms with Gasteiger partial charge in [-0.05, 0) is 36.2 Å². The third-order valence-electron chi connectivity index (χ3n) is 3.78. The SMILES string of the molecule is CCCCN(C(=O)c1ccc(COCC(F)(F)F)cc1)c1ccccc1. The van der Waals surface area contributed by atoms with E-state index in [1.165, 1.54) is 0 Å². The summed E-state index contributed by atoms with van der Waals surface area (Å²) in [6, 6.07) is 15.9. The van der Waals surface area contributed by atoms with Crippen molar-refractivity contribution in [2.24, 2.45) is 0 Å². The lowest BCUT2D eigenvalue weighted by Gasteiger charge is -2.23. The van der Waals surface area contributed by atoms with Gasteiger partial charge < -0.3 is 9.64 Å². The molecule has 0 heterocycles. The molecule has 6 heteroatoms. The molecule has 1 amide bonds. The van der Waals surface area contributed by atoms with Crippen LogP contribution < -0.4 is 4.90 Å². The molecule has 26 heavy (non-hydrogen) atoms. The van der Waals surface area contributed by atoms with E-state index in [0.29, 0.717) is 17.7 Å². The van der Waals surface area contributed by atoms with Gasteiger partial charge in [-0.3, -0.25) is 4.79 Å². The fraction of sp³-hybridized carbons (Fsp3) is 0.350. The minimum atomic E-state index is -4.34. The normalized spacial score (nSPS) is 11.4. The molecule has 2 rings (SSSR count). The summed E-state index contributed by atoms with van der Waals surface area (Å²) < 4.78 is 40.9. The average Bonchev–Trinajstić information content (AvgIpc) is 2.62. The molecular weight excluding hydrogens is 343 g/mol. The Morgan fingerprint density at radius 2 is 1.69 bits per heavy atom. The number of benzene rings is 2. The molecule has 0 radical (unpaired) electrons. The minimum absolute atomic E-state index is 0.132. The second kappa shape index (κ2) is 9.38. The van der Waals surface area contributed by atoms with Crippen LogP contribution in [0.3, 0.4) is 0 Å². The number of ether oxygens (including phenoxy) is 1. The molecule has 0 bridgehead atoms. The number of carbonyl (C=O) groups excluding carboxylic acids is 1. The predicted octanol–water partition coefficient (Wildman–Crippen LogP) is 5.21. The number of para-hydroxylation sites is 1. The maximum atomic E-state index is 12.9. The minimum Gasteiger partial charge on any atom is -0.367 e. The highest BCUT2D eigenvalue weighted by atomic mass is 19.4. The summed E-state index contributed by atoms with van der Waals surface area (Å²) in [5, 5.41) is 0. The topological polar surface area (TPSA) is 29.5 Å². The standard InChI is InChI=1S/C20H22F3NO2/c1-2-3-13-24(18-7-5-4-6-8-18)19(25)17-11-9-16(10-12-17)14-26-15-20(21,22)23/h4-12H,2-3,13-15H2,1H3. The molecule has 0 spiro atoms. The Balaban J connectivity index is 2.06. The molecule has 0 saturated heterocycles. The van der Waals surface area contributed by atoms with Crippen molar-refractivity contribution in [3.05, 3.63) is 65.7 Å². The first kappa shape index (κ1) is 20.0. The van der Waals surface area contributed by atoms with Crippen LogP contribution in [-0.4, -0.2) is 25.2 Å². The van der Waals surface area contributed by atoms with Crippen LogP contribution in [0.15, 0.2) is 54.6 Å². The molecule has 0 fully saturated rings. The molecule has 3 nitrogen and oxygen atoms in total. The molecular formula is C20H22F3NO2. The van der Waals surface area contributed by atoms with Crippen LogP contribution >= 0.6 is 0 Å². The Labute approximate surface area is 151 Å². The molecule has 2 aromatic carbocycles. The largest absolute Gasteiger partial charge is 0.411 e. The van der Waals surface area contributed by atoms with Crippen LogP contribution in [0, 0.1) is 0 Å². The third-order valence-corrected chi connectivity index (χ3v) is 3.78. The lowest BCUT2D eigenvalue weighted by molar-refractivity contribution is -0.176. The second-order valence-corrected chi connectivity index (χ2v) is 5.95. The van der Waals surface area contributed by atoms with E-state index in [9.17, 15) is 18.0 Å². The maximum Gasteiger partial charge on any atom is 0.411 e. The van der Waals surface area contributed by atoms with Gasteiger partial charge >= 0.3 is 6.18 Å². The number of anilines is 1. The first-order valence-electron chi connectivity index (χ1n) is 8.51. The molecule has 0 N–H and O–H groups in total. The van der Waals surface area contributed by atoms with E-state index in [1.54, 1.807) is 29.2 Å². The molecule has 0 aliphatic heterocycles. The van der Waals surface area contributed by atoms with E-state index < -0.39 is 12.8 Å². The Morgan fingerprint density at radius 1 is 1.04 bits per heavy atom. The zero-order valence-corrected chi connectivity index (χ0v) is 14.6. The first-order valence-corrected chi connectivity index (χ1v) is 8.51. The second-order valence-electron chi connectivity index (χ2n) is 5.95. The summed E-state index contributed by atoms with van der Waals surface area (Å²) in [5.74, 6) is -0.132. The van der Waals surface area contributed by atoms with Crippen molar-refractivity contribution in [2.75, 3.05) is 18.1 Å². The fourth-order valence-corrected chi connectivity index (χ4v) is 2.46. The van der Waals surface area contributed by atoms with Gasteiger partial charge in [-0.1, -0.05) is 43.7 Å². The summed E-state index contributed by atoms with van der Waals surface area (Å²) in [6.07, 6.45) is -2.50.